The van der Waals surface area contributed by atoms with Crippen molar-refractivity contribution in [1.82, 2.24) is 19.7 Å². The highest BCUT2D eigenvalue weighted by Crippen LogP contribution is 2.26. The molecule has 0 saturated heterocycles. The summed E-state index contributed by atoms with van der Waals surface area (Å²) in [6, 6.07) is 10.1. The van der Waals surface area contributed by atoms with Gasteiger partial charge in [-0.1, -0.05) is 32.0 Å². The molecule has 0 bridgehead atoms. The van der Waals surface area contributed by atoms with Crippen molar-refractivity contribution in [3.63, 3.8) is 0 Å². The lowest BCUT2D eigenvalue weighted by molar-refractivity contribution is 0.521. The molecule has 0 fully saturated rings. The van der Waals surface area contributed by atoms with Crippen molar-refractivity contribution in [1.29, 1.82) is 0 Å². The molecule has 0 atom stereocenters. The second-order valence-electron chi connectivity index (χ2n) is 5.23. The van der Waals surface area contributed by atoms with Crippen molar-refractivity contribution < 1.29 is 0 Å². The fourth-order valence-electron chi connectivity index (χ4n) is 2.36. The molecule has 0 spiro atoms. The zero-order valence-corrected chi connectivity index (χ0v) is 12.3. The van der Waals surface area contributed by atoms with Crippen molar-refractivity contribution >= 4 is 23.1 Å². The molecular formula is C15H16N4S. The van der Waals surface area contributed by atoms with Crippen LogP contribution < -0.4 is 0 Å². The molecule has 0 aliphatic heterocycles. The highest BCUT2D eigenvalue weighted by Gasteiger charge is 2.12. The lowest BCUT2D eigenvalue weighted by Crippen LogP contribution is -2.06. The molecule has 20 heavy (non-hydrogen) atoms. The van der Waals surface area contributed by atoms with Gasteiger partial charge in [0.05, 0.1) is 5.52 Å². The van der Waals surface area contributed by atoms with E-state index in [0.29, 0.717) is 10.7 Å². The first-order valence-corrected chi connectivity index (χ1v) is 7.07. The first-order valence-electron chi connectivity index (χ1n) is 6.66. The zero-order valence-electron chi connectivity index (χ0n) is 11.5. The molecule has 2 heterocycles. The molecule has 2 aromatic heterocycles. The van der Waals surface area contributed by atoms with Crippen LogP contribution in [0.5, 0.6) is 0 Å². The molecule has 0 aliphatic rings. The Bertz CT molecular complexity index is 795. The van der Waals surface area contributed by atoms with E-state index < -0.39 is 0 Å². The fraction of sp³-hybridized carbons (Fsp3) is 0.267. The van der Waals surface area contributed by atoms with Gasteiger partial charge >= 0.3 is 0 Å². The molecule has 0 aliphatic carbocycles. The fourth-order valence-corrected chi connectivity index (χ4v) is 2.56. The minimum absolute atomic E-state index is 0.506. The molecule has 4 nitrogen and oxygen atoms in total. The van der Waals surface area contributed by atoms with Crippen molar-refractivity contribution in [3.05, 3.63) is 41.3 Å². The molecule has 1 N–H and O–H groups in total. The maximum absolute atomic E-state index is 5.34. The number of fused-ring (bicyclic) bond motifs is 1. The average Bonchev–Trinajstić information content (AvgIpc) is 2.79. The Morgan fingerprint density at radius 3 is 2.90 bits per heavy atom. The summed E-state index contributed by atoms with van der Waals surface area (Å²) in [5.41, 5.74) is 2.03. The molecule has 1 aromatic carbocycles. The van der Waals surface area contributed by atoms with E-state index >= 15 is 0 Å². The largest absolute Gasteiger partial charge is 0.300 e. The van der Waals surface area contributed by atoms with Gasteiger partial charge in [-0.25, -0.2) is 0 Å². The average molecular weight is 284 g/mol. The van der Waals surface area contributed by atoms with Gasteiger partial charge in [-0.15, -0.1) is 0 Å². The number of H-pyrrole nitrogens is 1. The third kappa shape index (κ3) is 2.25. The summed E-state index contributed by atoms with van der Waals surface area (Å²) in [7, 11) is 0. The van der Waals surface area contributed by atoms with Crippen LogP contribution in [-0.2, 0) is 6.54 Å². The van der Waals surface area contributed by atoms with E-state index in [2.05, 4.69) is 45.7 Å². The number of nitrogens with one attached hydrogen (secondary N) is 1. The van der Waals surface area contributed by atoms with E-state index in [0.717, 1.165) is 28.8 Å². The van der Waals surface area contributed by atoms with E-state index in [1.54, 1.807) is 6.20 Å². The Morgan fingerprint density at radius 1 is 1.25 bits per heavy atom. The first kappa shape index (κ1) is 13.0. The second kappa shape index (κ2) is 5.17. The summed E-state index contributed by atoms with van der Waals surface area (Å²) in [5, 5.41) is 8.40. The Labute approximate surface area is 122 Å². The van der Waals surface area contributed by atoms with Gasteiger partial charge in [0.2, 0.25) is 0 Å². The van der Waals surface area contributed by atoms with E-state index in [-0.39, 0.29) is 0 Å². The summed E-state index contributed by atoms with van der Waals surface area (Å²) in [4.78, 5) is 4.39. The normalized spacial score (nSPS) is 11.3. The molecule has 0 saturated carbocycles. The van der Waals surface area contributed by atoms with Gasteiger partial charge in [0.1, 0.15) is 0 Å². The summed E-state index contributed by atoms with van der Waals surface area (Å²) in [6.45, 7) is 5.19. The smallest absolute Gasteiger partial charge is 0.195 e. The number of hydrogen-bond acceptors (Lipinski definition) is 3. The van der Waals surface area contributed by atoms with Crippen LogP contribution in [0.1, 0.15) is 13.8 Å². The molecule has 0 unspecified atom stereocenters. The van der Waals surface area contributed by atoms with Crippen LogP contribution in [0, 0.1) is 10.7 Å². The molecule has 0 amide bonds. The van der Waals surface area contributed by atoms with Crippen molar-refractivity contribution in [2.75, 3.05) is 0 Å². The van der Waals surface area contributed by atoms with Crippen molar-refractivity contribution in [3.8, 4) is 11.4 Å². The lowest BCUT2D eigenvalue weighted by Gasteiger charge is -2.10. The molecule has 3 aromatic rings. The van der Waals surface area contributed by atoms with Crippen LogP contribution in [0.25, 0.3) is 22.3 Å². The monoisotopic (exact) mass is 284 g/mol. The predicted octanol–water partition coefficient (Wildman–Crippen LogP) is 3.81. The summed E-state index contributed by atoms with van der Waals surface area (Å²) in [5.74, 6) is 1.38. The van der Waals surface area contributed by atoms with E-state index in [4.69, 9.17) is 12.2 Å². The standard InChI is InChI=1S/C15H16N4S/c1-10(2)9-19-14(17-18-15(19)20)12-5-3-7-13-11(12)6-4-8-16-13/h3-8,10H,9H2,1-2H3,(H,18,20). The van der Waals surface area contributed by atoms with Gasteiger partial charge in [0, 0.05) is 23.7 Å². The van der Waals surface area contributed by atoms with Gasteiger partial charge < -0.3 is 0 Å². The van der Waals surface area contributed by atoms with Crippen LogP contribution >= 0.6 is 12.2 Å². The molecule has 0 radical (unpaired) electrons. The first-order chi connectivity index (χ1) is 9.66. The van der Waals surface area contributed by atoms with Crippen LogP contribution in [-0.4, -0.2) is 19.7 Å². The number of rotatable bonds is 3. The highest BCUT2D eigenvalue weighted by atomic mass is 32.1. The molecule has 102 valence electrons. The Hall–Kier alpha value is -2.01. The number of pyridine rings is 1. The summed E-state index contributed by atoms with van der Waals surface area (Å²) in [6.07, 6.45) is 1.80. The number of aromatic nitrogens is 4. The summed E-state index contributed by atoms with van der Waals surface area (Å²) >= 11 is 5.34. The highest BCUT2D eigenvalue weighted by molar-refractivity contribution is 7.71. The Balaban J connectivity index is 2.24. The topological polar surface area (TPSA) is 46.5 Å². The van der Waals surface area contributed by atoms with E-state index in [1.807, 2.05) is 18.2 Å². The number of aromatic amines is 1. The molecular weight excluding hydrogens is 268 g/mol. The maximum atomic E-state index is 5.34. The third-order valence-electron chi connectivity index (χ3n) is 3.19. The van der Waals surface area contributed by atoms with Crippen LogP contribution in [0.2, 0.25) is 0 Å². The third-order valence-corrected chi connectivity index (χ3v) is 3.50. The van der Waals surface area contributed by atoms with Gasteiger partial charge in [0.25, 0.3) is 0 Å². The summed E-state index contributed by atoms with van der Waals surface area (Å²) < 4.78 is 2.72. The minimum Gasteiger partial charge on any atom is -0.300 e. The lowest BCUT2D eigenvalue weighted by atomic mass is 10.1. The van der Waals surface area contributed by atoms with Gasteiger partial charge in [-0.3, -0.25) is 14.6 Å². The van der Waals surface area contributed by atoms with Crippen molar-refractivity contribution in [2.24, 2.45) is 5.92 Å². The molecule has 3 rings (SSSR count). The predicted molar refractivity (Wildman–Crippen MR) is 83.0 cm³/mol. The van der Waals surface area contributed by atoms with Gasteiger partial charge in [-0.05, 0) is 30.3 Å². The van der Waals surface area contributed by atoms with Gasteiger partial charge in [-0.2, -0.15) is 5.10 Å². The second-order valence-corrected chi connectivity index (χ2v) is 5.62. The number of nitrogens with zero attached hydrogens (tertiary/aromatic N) is 3. The van der Waals surface area contributed by atoms with Crippen LogP contribution in [0.3, 0.4) is 0 Å². The quantitative estimate of drug-likeness (QED) is 0.744. The van der Waals surface area contributed by atoms with E-state index in [9.17, 15) is 0 Å². The van der Waals surface area contributed by atoms with Crippen LogP contribution in [0.4, 0.5) is 0 Å². The SMILES string of the molecule is CC(C)Cn1c(-c2cccc3ncccc23)n[nH]c1=S. The van der Waals surface area contributed by atoms with Gasteiger partial charge in [0.15, 0.2) is 10.6 Å². The van der Waals surface area contributed by atoms with Crippen molar-refractivity contribution in [2.45, 2.75) is 20.4 Å². The van der Waals surface area contributed by atoms with E-state index in [1.165, 1.54) is 0 Å². The number of hydrogen-bond donors (Lipinski definition) is 1. The van der Waals surface area contributed by atoms with Crippen LogP contribution in [0.15, 0.2) is 36.5 Å². The maximum Gasteiger partial charge on any atom is 0.195 e. The zero-order chi connectivity index (χ0) is 14.1. The number of benzene rings is 1. The Kier molecular flexibility index (Phi) is 3.36. The molecule has 5 heteroatoms. The Morgan fingerprint density at radius 2 is 2.10 bits per heavy atom. The minimum atomic E-state index is 0.506.